The molecule has 0 bridgehead atoms. The highest BCUT2D eigenvalue weighted by molar-refractivity contribution is 5.58. The van der Waals surface area contributed by atoms with E-state index in [0.29, 0.717) is 19.0 Å². The van der Waals surface area contributed by atoms with Gasteiger partial charge < -0.3 is 14.8 Å². The molecular formula is C14H22N2O4. The average molecular weight is 282 g/mol. The number of anilines is 1. The largest absolute Gasteiger partial charge is 0.484 e. The minimum absolute atomic E-state index is 0.0152. The van der Waals surface area contributed by atoms with Gasteiger partial charge in [0.05, 0.1) is 11.0 Å². The van der Waals surface area contributed by atoms with Gasteiger partial charge in [-0.3, -0.25) is 10.1 Å². The molecule has 6 nitrogen and oxygen atoms in total. The van der Waals surface area contributed by atoms with Gasteiger partial charge in [0.15, 0.2) is 5.75 Å². The first-order valence-electron chi connectivity index (χ1n) is 6.81. The summed E-state index contributed by atoms with van der Waals surface area (Å²) in [4.78, 5) is 10.5. The molecule has 0 aliphatic rings. The highest BCUT2D eigenvalue weighted by atomic mass is 16.6. The van der Waals surface area contributed by atoms with E-state index < -0.39 is 4.92 Å². The number of nitrogens with zero attached hydrogens (tertiary/aromatic N) is 1. The fourth-order valence-corrected chi connectivity index (χ4v) is 1.67. The first-order chi connectivity index (χ1) is 9.54. The van der Waals surface area contributed by atoms with Crippen LogP contribution in [0, 0.1) is 10.1 Å². The van der Waals surface area contributed by atoms with Gasteiger partial charge in [0.2, 0.25) is 0 Å². The molecule has 1 aromatic rings. The van der Waals surface area contributed by atoms with E-state index in [9.17, 15) is 10.1 Å². The minimum atomic E-state index is -0.434. The monoisotopic (exact) mass is 282 g/mol. The summed E-state index contributed by atoms with van der Waals surface area (Å²) >= 11 is 0. The Labute approximate surface area is 119 Å². The van der Waals surface area contributed by atoms with Gasteiger partial charge in [-0.05, 0) is 33.3 Å². The fourth-order valence-electron chi connectivity index (χ4n) is 1.67. The third kappa shape index (κ3) is 5.44. The molecule has 1 rings (SSSR count). The maximum absolute atomic E-state index is 10.9. The molecule has 0 fully saturated rings. The number of rotatable bonds is 9. The van der Waals surface area contributed by atoms with Gasteiger partial charge >= 0.3 is 5.69 Å². The topological polar surface area (TPSA) is 73.6 Å². The van der Waals surface area contributed by atoms with Crippen molar-refractivity contribution in [3.63, 3.8) is 0 Å². The molecule has 6 heteroatoms. The van der Waals surface area contributed by atoms with Crippen LogP contribution >= 0.6 is 0 Å². The summed E-state index contributed by atoms with van der Waals surface area (Å²) in [5.74, 6) is 0.291. The van der Waals surface area contributed by atoms with E-state index in [1.165, 1.54) is 6.07 Å². The molecule has 0 atom stereocenters. The number of nitro groups is 1. The van der Waals surface area contributed by atoms with Gasteiger partial charge in [-0.15, -0.1) is 0 Å². The van der Waals surface area contributed by atoms with E-state index in [2.05, 4.69) is 5.32 Å². The second-order valence-electron chi connectivity index (χ2n) is 4.58. The lowest BCUT2D eigenvalue weighted by atomic mass is 10.2. The number of nitro benzene ring substituents is 1. The van der Waals surface area contributed by atoms with Crippen molar-refractivity contribution in [1.82, 2.24) is 0 Å². The van der Waals surface area contributed by atoms with Gasteiger partial charge in [-0.1, -0.05) is 0 Å². The summed E-state index contributed by atoms with van der Waals surface area (Å²) in [5, 5.41) is 14.1. The highest BCUT2D eigenvalue weighted by Gasteiger charge is 2.16. The fraction of sp³-hybridized carbons (Fsp3) is 0.571. The zero-order chi connectivity index (χ0) is 15.0. The van der Waals surface area contributed by atoms with Crippen LogP contribution in [0.3, 0.4) is 0 Å². The first kappa shape index (κ1) is 16.2. The van der Waals surface area contributed by atoms with Crippen molar-refractivity contribution in [2.45, 2.75) is 33.3 Å². The number of nitrogens with one attached hydrogen (secondary N) is 1. The molecule has 0 saturated heterocycles. The molecule has 0 unspecified atom stereocenters. The maximum atomic E-state index is 10.9. The lowest BCUT2D eigenvalue weighted by molar-refractivity contribution is -0.386. The molecule has 1 aromatic carbocycles. The van der Waals surface area contributed by atoms with Crippen LogP contribution in [-0.4, -0.2) is 30.8 Å². The maximum Gasteiger partial charge on any atom is 0.311 e. The van der Waals surface area contributed by atoms with E-state index in [1.807, 2.05) is 20.8 Å². The Morgan fingerprint density at radius 3 is 2.75 bits per heavy atom. The molecule has 112 valence electrons. The van der Waals surface area contributed by atoms with Crippen LogP contribution in [0.4, 0.5) is 11.4 Å². The van der Waals surface area contributed by atoms with E-state index in [0.717, 1.165) is 18.7 Å². The number of benzene rings is 1. The SMILES string of the molecule is CCOCCCNc1ccc([N+](=O)[O-])c(OC(C)C)c1. The summed E-state index contributed by atoms with van der Waals surface area (Å²) in [5.41, 5.74) is 0.793. The van der Waals surface area contributed by atoms with Gasteiger partial charge in [0.25, 0.3) is 0 Å². The Kier molecular flexibility index (Phi) is 6.79. The van der Waals surface area contributed by atoms with Gasteiger partial charge in [0.1, 0.15) is 0 Å². The van der Waals surface area contributed by atoms with Crippen molar-refractivity contribution in [3.8, 4) is 5.75 Å². The number of hydrogen-bond acceptors (Lipinski definition) is 5. The van der Waals surface area contributed by atoms with Crippen LogP contribution in [0.1, 0.15) is 27.2 Å². The lowest BCUT2D eigenvalue weighted by Crippen LogP contribution is -2.09. The van der Waals surface area contributed by atoms with Crippen LogP contribution in [0.2, 0.25) is 0 Å². The predicted octanol–water partition coefficient (Wildman–Crippen LogP) is 3.22. The molecule has 0 saturated carbocycles. The Hall–Kier alpha value is -1.82. The normalized spacial score (nSPS) is 10.6. The van der Waals surface area contributed by atoms with Crippen molar-refractivity contribution in [2.75, 3.05) is 25.1 Å². The standard InChI is InChI=1S/C14H22N2O4/c1-4-19-9-5-8-15-12-6-7-13(16(17)18)14(10-12)20-11(2)3/h6-7,10-11,15H,4-5,8-9H2,1-3H3. The van der Waals surface area contributed by atoms with Crippen LogP contribution in [-0.2, 0) is 4.74 Å². The Balaban J connectivity index is 2.66. The minimum Gasteiger partial charge on any atom is -0.484 e. The van der Waals surface area contributed by atoms with Crippen LogP contribution in [0.5, 0.6) is 5.75 Å². The number of hydrogen-bond donors (Lipinski definition) is 1. The van der Waals surface area contributed by atoms with Crippen molar-refractivity contribution < 1.29 is 14.4 Å². The Bertz CT molecular complexity index is 435. The second-order valence-corrected chi connectivity index (χ2v) is 4.58. The summed E-state index contributed by atoms with van der Waals surface area (Å²) < 4.78 is 10.7. The molecule has 0 aliphatic carbocycles. The van der Waals surface area contributed by atoms with E-state index in [1.54, 1.807) is 12.1 Å². The smallest absolute Gasteiger partial charge is 0.311 e. The molecule has 0 heterocycles. The van der Waals surface area contributed by atoms with Crippen molar-refractivity contribution in [3.05, 3.63) is 28.3 Å². The van der Waals surface area contributed by atoms with Crippen LogP contribution in [0.15, 0.2) is 18.2 Å². The van der Waals surface area contributed by atoms with Crippen molar-refractivity contribution in [2.24, 2.45) is 0 Å². The van der Waals surface area contributed by atoms with E-state index >= 15 is 0 Å². The molecular weight excluding hydrogens is 260 g/mol. The molecule has 20 heavy (non-hydrogen) atoms. The van der Waals surface area contributed by atoms with Crippen LogP contribution in [0.25, 0.3) is 0 Å². The molecule has 1 N–H and O–H groups in total. The second kappa shape index (κ2) is 8.37. The third-order valence-corrected chi connectivity index (χ3v) is 2.52. The molecule has 0 spiro atoms. The van der Waals surface area contributed by atoms with Gasteiger partial charge in [-0.25, -0.2) is 0 Å². The lowest BCUT2D eigenvalue weighted by Gasteiger charge is -2.12. The summed E-state index contributed by atoms with van der Waals surface area (Å²) in [6, 6.07) is 4.81. The summed E-state index contributed by atoms with van der Waals surface area (Å²) in [7, 11) is 0. The average Bonchev–Trinajstić information content (AvgIpc) is 2.37. The number of ether oxygens (including phenoxy) is 2. The van der Waals surface area contributed by atoms with Crippen molar-refractivity contribution >= 4 is 11.4 Å². The summed E-state index contributed by atoms with van der Waals surface area (Å²) in [6.07, 6.45) is 0.771. The Morgan fingerprint density at radius 1 is 1.40 bits per heavy atom. The van der Waals surface area contributed by atoms with Crippen molar-refractivity contribution in [1.29, 1.82) is 0 Å². The zero-order valence-electron chi connectivity index (χ0n) is 12.2. The van der Waals surface area contributed by atoms with Gasteiger partial charge in [0, 0.05) is 37.6 Å². The molecule has 0 aromatic heterocycles. The quantitative estimate of drug-likeness (QED) is 0.427. The third-order valence-electron chi connectivity index (χ3n) is 2.52. The van der Waals surface area contributed by atoms with Crippen LogP contribution < -0.4 is 10.1 Å². The predicted molar refractivity (Wildman–Crippen MR) is 78.5 cm³/mol. The summed E-state index contributed by atoms with van der Waals surface area (Å²) in [6.45, 7) is 7.80. The molecule has 0 radical (unpaired) electrons. The van der Waals surface area contributed by atoms with E-state index in [4.69, 9.17) is 9.47 Å². The Morgan fingerprint density at radius 2 is 2.15 bits per heavy atom. The van der Waals surface area contributed by atoms with Gasteiger partial charge in [-0.2, -0.15) is 0 Å². The highest BCUT2D eigenvalue weighted by Crippen LogP contribution is 2.30. The zero-order valence-corrected chi connectivity index (χ0v) is 12.2. The molecule has 0 amide bonds. The first-order valence-corrected chi connectivity index (χ1v) is 6.81. The molecule has 0 aliphatic heterocycles. The van der Waals surface area contributed by atoms with E-state index in [-0.39, 0.29) is 11.8 Å².